The summed E-state index contributed by atoms with van der Waals surface area (Å²) in [5.74, 6) is -0.0780. The maximum absolute atomic E-state index is 12.1. The fourth-order valence-electron chi connectivity index (χ4n) is 2.27. The number of ether oxygens (including phenoxy) is 1. The summed E-state index contributed by atoms with van der Waals surface area (Å²) >= 11 is 0. The van der Waals surface area contributed by atoms with Crippen LogP contribution in [0.25, 0.3) is 0 Å². The normalized spacial score (nSPS) is 24.3. The first-order valence-electron chi connectivity index (χ1n) is 6.41. The minimum Gasteiger partial charge on any atom is -0.398 e. The highest BCUT2D eigenvalue weighted by Gasteiger charge is 2.24. The molecule has 0 amide bonds. The molecule has 106 valence electrons. The molecular weight excluding hydrogens is 264 g/mol. The summed E-state index contributed by atoms with van der Waals surface area (Å²) < 4.78 is 32.4. The Morgan fingerprint density at radius 2 is 2.16 bits per heavy atom. The van der Waals surface area contributed by atoms with Crippen molar-refractivity contribution in [2.45, 2.75) is 37.7 Å². The van der Waals surface area contributed by atoms with Crippen molar-refractivity contribution in [3.05, 3.63) is 29.8 Å². The molecular formula is C13H20N2O3S. The molecule has 0 saturated carbocycles. The Hall–Kier alpha value is -1.11. The smallest absolute Gasteiger partial charge is 0.216 e. The molecule has 5 nitrogen and oxygen atoms in total. The molecule has 1 heterocycles. The van der Waals surface area contributed by atoms with Crippen LogP contribution in [0.4, 0.5) is 5.69 Å². The second kappa shape index (κ2) is 5.90. The Balaban J connectivity index is 2.01. The minimum atomic E-state index is -3.37. The molecule has 0 radical (unpaired) electrons. The third-order valence-electron chi connectivity index (χ3n) is 3.23. The third kappa shape index (κ3) is 4.19. The molecule has 2 atom stereocenters. The lowest BCUT2D eigenvalue weighted by atomic mass is 10.1. The van der Waals surface area contributed by atoms with Gasteiger partial charge >= 0.3 is 0 Å². The molecule has 1 saturated heterocycles. The molecule has 1 fully saturated rings. The van der Waals surface area contributed by atoms with Gasteiger partial charge in [0.2, 0.25) is 10.0 Å². The van der Waals surface area contributed by atoms with Crippen LogP contribution in [0, 0.1) is 0 Å². The van der Waals surface area contributed by atoms with Crippen molar-refractivity contribution in [1.29, 1.82) is 0 Å². The largest absolute Gasteiger partial charge is 0.398 e. The van der Waals surface area contributed by atoms with Crippen molar-refractivity contribution in [2.24, 2.45) is 0 Å². The van der Waals surface area contributed by atoms with Crippen LogP contribution >= 0.6 is 0 Å². The summed E-state index contributed by atoms with van der Waals surface area (Å²) in [6.45, 7) is 2.55. The fraction of sp³-hybridized carbons (Fsp3) is 0.538. The summed E-state index contributed by atoms with van der Waals surface area (Å²) in [7, 11) is -3.37. The molecule has 0 spiro atoms. The Morgan fingerprint density at radius 3 is 2.84 bits per heavy atom. The monoisotopic (exact) mass is 284 g/mol. The zero-order valence-electron chi connectivity index (χ0n) is 11.0. The van der Waals surface area contributed by atoms with Crippen LogP contribution in [-0.2, 0) is 20.5 Å². The van der Waals surface area contributed by atoms with Gasteiger partial charge in [0.25, 0.3) is 0 Å². The van der Waals surface area contributed by atoms with E-state index in [0.717, 1.165) is 0 Å². The molecule has 1 aromatic rings. The first-order valence-corrected chi connectivity index (χ1v) is 8.06. The van der Waals surface area contributed by atoms with Gasteiger partial charge in [0, 0.05) is 18.3 Å². The quantitative estimate of drug-likeness (QED) is 0.815. The number of nitrogens with one attached hydrogen (secondary N) is 1. The molecule has 1 aromatic carbocycles. The van der Waals surface area contributed by atoms with E-state index in [9.17, 15) is 8.42 Å². The fourth-order valence-corrected chi connectivity index (χ4v) is 3.75. The third-order valence-corrected chi connectivity index (χ3v) is 4.62. The topological polar surface area (TPSA) is 81.4 Å². The number of sulfonamides is 1. The zero-order valence-corrected chi connectivity index (χ0v) is 11.8. The average molecular weight is 284 g/mol. The highest BCUT2D eigenvalue weighted by molar-refractivity contribution is 7.88. The van der Waals surface area contributed by atoms with Crippen molar-refractivity contribution in [3.8, 4) is 0 Å². The van der Waals surface area contributed by atoms with Gasteiger partial charge in [-0.25, -0.2) is 13.1 Å². The van der Waals surface area contributed by atoms with E-state index in [1.54, 1.807) is 24.3 Å². The van der Waals surface area contributed by atoms with Crippen LogP contribution < -0.4 is 10.5 Å². The summed E-state index contributed by atoms with van der Waals surface area (Å²) in [4.78, 5) is 0. The van der Waals surface area contributed by atoms with Crippen molar-refractivity contribution in [3.63, 3.8) is 0 Å². The van der Waals surface area contributed by atoms with Gasteiger partial charge in [0.15, 0.2) is 0 Å². The number of benzene rings is 1. The van der Waals surface area contributed by atoms with E-state index in [1.807, 2.05) is 6.92 Å². The predicted octanol–water partition coefficient (Wildman–Crippen LogP) is 1.26. The zero-order chi connectivity index (χ0) is 13.9. The van der Waals surface area contributed by atoms with Crippen LogP contribution in [0.1, 0.15) is 25.3 Å². The van der Waals surface area contributed by atoms with Crippen LogP contribution in [0.15, 0.2) is 24.3 Å². The SMILES string of the molecule is CC1CC(NS(=O)(=O)Cc2ccccc2N)CCO1. The standard InChI is InChI=1S/C13H20N2O3S/c1-10-8-12(6-7-18-10)15-19(16,17)9-11-4-2-3-5-13(11)14/h2-5,10,12,15H,6-9,14H2,1H3. The van der Waals surface area contributed by atoms with Gasteiger partial charge in [0.1, 0.15) is 0 Å². The Bertz CT molecular complexity index is 530. The Labute approximate surface area is 114 Å². The number of nitrogens with two attached hydrogens (primary N) is 1. The predicted molar refractivity (Wildman–Crippen MR) is 75.0 cm³/mol. The number of rotatable bonds is 4. The Morgan fingerprint density at radius 1 is 1.42 bits per heavy atom. The number of hydrogen-bond acceptors (Lipinski definition) is 4. The van der Waals surface area contributed by atoms with Crippen LogP contribution in [0.2, 0.25) is 0 Å². The molecule has 6 heteroatoms. The van der Waals surface area contributed by atoms with E-state index >= 15 is 0 Å². The number of hydrogen-bond donors (Lipinski definition) is 2. The van der Waals surface area contributed by atoms with Crippen molar-refractivity contribution >= 4 is 15.7 Å². The number of nitrogen functional groups attached to an aromatic ring is 1. The molecule has 0 aromatic heterocycles. The van der Waals surface area contributed by atoms with Gasteiger partial charge < -0.3 is 10.5 Å². The highest BCUT2D eigenvalue weighted by Crippen LogP contribution is 2.17. The molecule has 1 aliphatic heterocycles. The van der Waals surface area contributed by atoms with E-state index in [4.69, 9.17) is 10.5 Å². The highest BCUT2D eigenvalue weighted by atomic mass is 32.2. The number of para-hydroxylation sites is 1. The van der Waals surface area contributed by atoms with E-state index in [2.05, 4.69) is 4.72 Å². The summed E-state index contributed by atoms with van der Waals surface area (Å²) in [5.41, 5.74) is 6.91. The van der Waals surface area contributed by atoms with E-state index < -0.39 is 10.0 Å². The summed E-state index contributed by atoms with van der Waals surface area (Å²) in [5, 5.41) is 0. The van der Waals surface area contributed by atoms with E-state index in [-0.39, 0.29) is 17.9 Å². The van der Waals surface area contributed by atoms with Gasteiger partial charge in [-0.3, -0.25) is 0 Å². The lowest BCUT2D eigenvalue weighted by Crippen LogP contribution is -2.41. The van der Waals surface area contributed by atoms with Gasteiger partial charge in [-0.1, -0.05) is 18.2 Å². The second-order valence-electron chi connectivity index (χ2n) is 4.98. The lowest BCUT2D eigenvalue weighted by Gasteiger charge is -2.27. The van der Waals surface area contributed by atoms with Gasteiger partial charge in [-0.15, -0.1) is 0 Å². The maximum Gasteiger partial charge on any atom is 0.216 e. The van der Waals surface area contributed by atoms with Gasteiger partial charge in [-0.2, -0.15) is 0 Å². The summed E-state index contributed by atoms with van der Waals surface area (Å²) in [6.07, 6.45) is 1.53. The lowest BCUT2D eigenvalue weighted by molar-refractivity contribution is 0.0173. The molecule has 2 rings (SSSR count). The Kier molecular flexibility index (Phi) is 4.44. The van der Waals surface area contributed by atoms with E-state index in [1.165, 1.54) is 0 Å². The molecule has 3 N–H and O–H groups in total. The van der Waals surface area contributed by atoms with Gasteiger partial charge in [0.05, 0.1) is 11.9 Å². The van der Waals surface area contributed by atoms with Crippen molar-refractivity contribution < 1.29 is 13.2 Å². The first-order chi connectivity index (χ1) is 8.96. The van der Waals surface area contributed by atoms with Crippen molar-refractivity contribution in [1.82, 2.24) is 4.72 Å². The summed E-state index contributed by atoms with van der Waals surface area (Å²) in [6, 6.07) is 6.98. The van der Waals surface area contributed by atoms with Crippen LogP contribution in [-0.4, -0.2) is 27.2 Å². The molecule has 0 aliphatic carbocycles. The van der Waals surface area contributed by atoms with Crippen LogP contribution in [0.3, 0.4) is 0 Å². The molecule has 0 bridgehead atoms. The molecule has 19 heavy (non-hydrogen) atoms. The maximum atomic E-state index is 12.1. The minimum absolute atomic E-state index is 0.0429. The van der Waals surface area contributed by atoms with E-state index in [0.29, 0.717) is 30.7 Å². The number of anilines is 1. The van der Waals surface area contributed by atoms with Crippen LogP contribution in [0.5, 0.6) is 0 Å². The molecule has 1 aliphatic rings. The first kappa shape index (κ1) is 14.3. The van der Waals surface area contributed by atoms with Crippen molar-refractivity contribution in [2.75, 3.05) is 12.3 Å². The second-order valence-corrected chi connectivity index (χ2v) is 6.73. The van der Waals surface area contributed by atoms with Gasteiger partial charge in [-0.05, 0) is 31.4 Å². The average Bonchev–Trinajstić information content (AvgIpc) is 2.31. The molecule has 2 unspecified atom stereocenters.